The Kier molecular flexibility index (Phi) is 8.06. The van der Waals surface area contributed by atoms with E-state index in [1.165, 1.54) is 0 Å². The third kappa shape index (κ3) is 6.54. The van der Waals surface area contributed by atoms with Crippen LogP contribution in [0.5, 0.6) is 0 Å². The van der Waals surface area contributed by atoms with Gasteiger partial charge in [-0.3, -0.25) is 9.59 Å². The molecule has 0 aliphatic carbocycles. The molecule has 168 valence electrons. The average molecular weight is 421 g/mol. The van der Waals surface area contributed by atoms with E-state index in [0.717, 1.165) is 23.1 Å². The van der Waals surface area contributed by atoms with Crippen molar-refractivity contribution in [2.24, 2.45) is 5.41 Å². The van der Waals surface area contributed by atoms with Crippen molar-refractivity contribution in [3.8, 4) is 0 Å². The minimum atomic E-state index is -0.842. The monoisotopic (exact) mass is 420 g/mol. The van der Waals surface area contributed by atoms with Gasteiger partial charge in [0.05, 0.1) is 12.0 Å². The fourth-order valence-electron chi connectivity index (χ4n) is 2.86. The Hall–Kier alpha value is -1.92. The number of carbonyl (C=O) groups excluding carboxylic acids is 2. The summed E-state index contributed by atoms with van der Waals surface area (Å²) in [4.78, 5) is 24.3. The quantitative estimate of drug-likeness (QED) is 0.370. The van der Waals surface area contributed by atoms with Gasteiger partial charge in [0, 0.05) is 6.42 Å². The van der Waals surface area contributed by atoms with Crippen LogP contribution in [0.4, 0.5) is 0 Å². The Morgan fingerprint density at radius 2 is 1.63 bits per heavy atom. The summed E-state index contributed by atoms with van der Waals surface area (Å²) < 4.78 is 22.5. The fourth-order valence-corrected chi connectivity index (χ4v) is 2.86. The van der Waals surface area contributed by atoms with Crippen molar-refractivity contribution in [1.29, 1.82) is 0 Å². The van der Waals surface area contributed by atoms with Gasteiger partial charge in [-0.15, -0.1) is 0 Å². The lowest BCUT2D eigenvalue weighted by Gasteiger charge is -2.31. The summed E-state index contributed by atoms with van der Waals surface area (Å²) in [6.07, 6.45) is 1.91. The van der Waals surface area contributed by atoms with Crippen molar-refractivity contribution in [3.05, 3.63) is 34.9 Å². The first kappa shape index (κ1) is 24.4. The highest BCUT2D eigenvalue weighted by molar-refractivity contribution is 5.76. The van der Waals surface area contributed by atoms with Crippen molar-refractivity contribution in [1.82, 2.24) is 0 Å². The van der Waals surface area contributed by atoms with Gasteiger partial charge in [0.1, 0.15) is 18.3 Å². The predicted molar refractivity (Wildman–Crippen MR) is 113 cm³/mol. The largest absolute Gasteiger partial charge is 0.461 e. The van der Waals surface area contributed by atoms with Gasteiger partial charge in [-0.05, 0) is 69.4 Å². The number of rotatable bonds is 11. The van der Waals surface area contributed by atoms with Crippen LogP contribution in [-0.4, -0.2) is 24.3 Å². The third-order valence-electron chi connectivity index (χ3n) is 5.57. The van der Waals surface area contributed by atoms with E-state index in [1.54, 1.807) is 6.92 Å². The van der Waals surface area contributed by atoms with E-state index in [-0.39, 0.29) is 30.9 Å². The molecule has 1 aromatic carbocycles. The van der Waals surface area contributed by atoms with Crippen molar-refractivity contribution >= 4 is 11.9 Å². The minimum Gasteiger partial charge on any atom is -0.461 e. The van der Waals surface area contributed by atoms with E-state index in [9.17, 15) is 9.59 Å². The molecule has 2 atom stereocenters. The second kappa shape index (κ2) is 9.92. The van der Waals surface area contributed by atoms with Crippen LogP contribution in [0.25, 0.3) is 0 Å². The molecule has 0 N–H and O–H groups in total. The van der Waals surface area contributed by atoms with Gasteiger partial charge in [0.25, 0.3) is 0 Å². The van der Waals surface area contributed by atoms with Crippen molar-refractivity contribution in [2.75, 3.05) is 0 Å². The number of hydrogen-bond acceptors (Lipinski definition) is 6. The molecule has 0 spiro atoms. The SMILES string of the molecule is CCC(=O)OCc1cc(COC2OC2CC)cc(C(C)(C)OC(=O)C(C)(C)CC)c1. The average Bonchev–Trinajstić information content (AvgIpc) is 3.48. The molecule has 1 fully saturated rings. The summed E-state index contributed by atoms with van der Waals surface area (Å²) in [5.41, 5.74) is 1.17. The van der Waals surface area contributed by atoms with Gasteiger partial charge in [-0.1, -0.05) is 26.8 Å². The topological polar surface area (TPSA) is 74.4 Å². The summed E-state index contributed by atoms with van der Waals surface area (Å²) in [7, 11) is 0. The molecular formula is C24H36O6. The normalized spacial score (nSPS) is 18.8. The van der Waals surface area contributed by atoms with Gasteiger partial charge >= 0.3 is 11.9 Å². The number of hydrogen-bond donors (Lipinski definition) is 0. The van der Waals surface area contributed by atoms with E-state index < -0.39 is 11.0 Å². The van der Waals surface area contributed by atoms with E-state index in [4.69, 9.17) is 18.9 Å². The lowest BCUT2D eigenvalue weighted by atomic mass is 9.89. The zero-order valence-corrected chi connectivity index (χ0v) is 19.4. The summed E-state index contributed by atoms with van der Waals surface area (Å²) in [6.45, 7) is 13.8. The smallest absolute Gasteiger partial charge is 0.312 e. The number of esters is 2. The molecule has 30 heavy (non-hydrogen) atoms. The lowest BCUT2D eigenvalue weighted by molar-refractivity contribution is -0.168. The summed E-state index contributed by atoms with van der Waals surface area (Å²) in [6, 6.07) is 5.84. The van der Waals surface area contributed by atoms with Gasteiger partial charge in [0.15, 0.2) is 6.29 Å². The van der Waals surface area contributed by atoms with Crippen molar-refractivity contribution < 1.29 is 28.5 Å². The lowest BCUT2D eigenvalue weighted by Crippen LogP contribution is -2.34. The predicted octanol–water partition coefficient (Wildman–Crippen LogP) is 5.01. The first-order valence-corrected chi connectivity index (χ1v) is 10.8. The van der Waals surface area contributed by atoms with Crippen LogP contribution in [0.15, 0.2) is 18.2 Å². The number of epoxide rings is 1. The van der Waals surface area contributed by atoms with Gasteiger partial charge in [0.2, 0.25) is 0 Å². The Bertz CT molecular complexity index is 752. The molecule has 1 saturated heterocycles. The standard InChI is InChI=1S/C24H36O6/c1-8-19-21(29-19)28-15-17-11-16(14-27-20(25)9-2)12-18(13-17)24(6,7)30-22(26)23(4,5)10-3/h11-13,19,21H,8-10,14-15H2,1-7H3. The second-order valence-electron chi connectivity index (χ2n) is 8.95. The molecule has 2 unspecified atom stereocenters. The molecule has 2 rings (SSSR count). The fraction of sp³-hybridized carbons (Fsp3) is 0.667. The number of carbonyl (C=O) groups is 2. The molecule has 0 bridgehead atoms. The summed E-state index contributed by atoms with van der Waals surface area (Å²) in [5.74, 6) is -0.501. The highest BCUT2D eigenvalue weighted by Crippen LogP contribution is 2.33. The van der Waals surface area contributed by atoms with Gasteiger partial charge < -0.3 is 18.9 Å². The van der Waals surface area contributed by atoms with Crippen LogP contribution < -0.4 is 0 Å². The molecule has 1 aliphatic heterocycles. The molecule has 0 saturated carbocycles. The molecule has 0 radical (unpaired) electrons. The Labute approximate surface area is 180 Å². The summed E-state index contributed by atoms with van der Waals surface area (Å²) in [5, 5.41) is 0. The zero-order valence-electron chi connectivity index (χ0n) is 19.4. The molecule has 1 aliphatic rings. The number of ether oxygens (including phenoxy) is 4. The van der Waals surface area contributed by atoms with Gasteiger partial charge in [-0.25, -0.2) is 0 Å². The first-order chi connectivity index (χ1) is 14.0. The minimum absolute atomic E-state index is 0.159. The highest BCUT2D eigenvalue weighted by Gasteiger charge is 2.38. The molecular weight excluding hydrogens is 384 g/mol. The van der Waals surface area contributed by atoms with Gasteiger partial charge in [-0.2, -0.15) is 0 Å². The van der Waals surface area contributed by atoms with Crippen LogP contribution in [-0.2, 0) is 47.4 Å². The Morgan fingerprint density at radius 1 is 1.00 bits per heavy atom. The van der Waals surface area contributed by atoms with E-state index >= 15 is 0 Å². The molecule has 0 amide bonds. The van der Waals surface area contributed by atoms with E-state index in [1.807, 2.05) is 52.8 Å². The molecule has 0 aromatic heterocycles. The van der Waals surface area contributed by atoms with Crippen molar-refractivity contribution in [3.63, 3.8) is 0 Å². The molecule has 6 nitrogen and oxygen atoms in total. The van der Waals surface area contributed by atoms with Crippen molar-refractivity contribution in [2.45, 2.75) is 98.9 Å². The molecule has 1 heterocycles. The maximum absolute atomic E-state index is 12.7. The zero-order chi connectivity index (χ0) is 22.5. The maximum Gasteiger partial charge on any atom is 0.312 e. The Balaban J connectivity index is 2.22. The van der Waals surface area contributed by atoms with Crippen LogP contribution in [0.3, 0.4) is 0 Å². The highest BCUT2D eigenvalue weighted by atomic mass is 16.8. The second-order valence-corrected chi connectivity index (χ2v) is 8.95. The van der Waals surface area contributed by atoms with Crippen LogP contribution in [0.1, 0.15) is 84.4 Å². The van der Waals surface area contributed by atoms with Crippen LogP contribution in [0, 0.1) is 5.41 Å². The van der Waals surface area contributed by atoms with Crippen LogP contribution >= 0.6 is 0 Å². The van der Waals surface area contributed by atoms with E-state index in [2.05, 4.69) is 6.92 Å². The molecule has 1 aromatic rings. The number of benzene rings is 1. The van der Waals surface area contributed by atoms with Crippen LogP contribution in [0.2, 0.25) is 0 Å². The Morgan fingerprint density at radius 3 is 2.17 bits per heavy atom. The maximum atomic E-state index is 12.7. The molecule has 6 heteroatoms. The summed E-state index contributed by atoms with van der Waals surface area (Å²) >= 11 is 0. The van der Waals surface area contributed by atoms with E-state index in [0.29, 0.717) is 19.4 Å². The first-order valence-electron chi connectivity index (χ1n) is 10.8. The third-order valence-corrected chi connectivity index (χ3v) is 5.57.